The third-order valence-corrected chi connectivity index (χ3v) is 3.06. The van der Waals surface area contributed by atoms with Crippen molar-refractivity contribution in [2.45, 2.75) is 19.4 Å². The average molecular weight is 320 g/mol. The molecule has 2 amide bonds. The quantitative estimate of drug-likeness (QED) is 0.680. The standard InChI is InChI=1S/C15H17FN4O3/c16-12-5-3-11(4-6-12)10-20-13(7-9-18-20)19-15(23)17-8-1-2-14(21)22/h3-7,9H,1-2,8,10H2,(H,21,22)(H2,17,19,23). The molecule has 0 atom stereocenters. The van der Waals surface area contributed by atoms with Crippen molar-refractivity contribution in [1.82, 2.24) is 15.1 Å². The number of carbonyl (C=O) groups excluding carboxylic acids is 1. The van der Waals surface area contributed by atoms with Crippen molar-refractivity contribution in [3.05, 3.63) is 47.9 Å². The number of benzene rings is 1. The normalized spacial score (nSPS) is 10.3. The number of nitrogens with one attached hydrogen (secondary N) is 2. The fourth-order valence-corrected chi connectivity index (χ4v) is 1.93. The topological polar surface area (TPSA) is 96.2 Å². The largest absolute Gasteiger partial charge is 0.481 e. The lowest BCUT2D eigenvalue weighted by Crippen LogP contribution is -2.30. The minimum absolute atomic E-state index is 0.00276. The van der Waals surface area contributed by atoms with Gasteiger partial charge in [0.1, 0.15) is 11.6 Å². The number of carboxylic acids is 1. The molecular formula is C15H17FN4O3. The van der Waals surface area contributed by atoms with Gasteiger partial charge in [-0.3, -0.25) is 10.1 Å². The van der Waals surface area contributed by atoms with E-state index in [4.69, 9.17) is 5.11 Å². The number of rotatable bonds is 7. The summed E-state index contributed by atoms with van der Waals surface area (Å²) in [7, 11) is 0. The van der Waals surface area contributed by atoms with E-state index in [1.165, 1.54) is 12.1 Å². The Labute approximate surface area is 132 Å². The number of carboxylic acid groups (broad SMARTS) is 1. The van der Waals surface area contributed by atoms with Crippen molar-refractivity contribution in [2.75, 3.05) is 11.9 Å². The molecule has 0 saturated heterocycles. The van der Waals surface area contributed by atoms with E-state index in [1.54, 1.807) is 29.1 Å². The second-order valence-corrected chi connectivity index (χ2v) is 4.88. The second-order valence-electron chi connectivity index (χ2n) is 4.88. The molecule has 2 aromatic rings. The van der Waals surface area contributed by atoms with E-state index in [2.05, 4.69) is 15.7 Å². The van der Waals surface area contributed by atoms with E-state index in [1.807, 2.05) is 0 Å². The first kappa shape index (κ1) is 16.5. The highest BCUT2D eigenvalue weighted by Gasteiger charge is 2.07. The van der Waals surface area contributed by atoms with Gasteiger partial charge >= 0.3 is 12.0 Å². The third kappa shape index (κ3) is 5.42. The van der Waals surface area contributed by atoms with Gasteiger partial charge in [-0.25, -0.2) is 13.9 Å². The van der Waals surface area contributed by atoms with Crippen molar-refractivity contribution in [2.24, 2.45) is 0 Å². The highest BCUT2D eigenvalue weighted by Crippen LogP contribution is 2.10. The Hall–Kier alpha value is -2.90. The van der Waals surface area contributed by atoms with Crippen LogP contribution in [0.3, 0.4) is 0 Å². The number of nitrogens with zero attached hydrogens (tertiary/aromatic N) is 2. The van der Waals surface area contributed by atoms with Crippen molar-refractivity contribution < 1.29 is 19.1 Å². The Kier molecular flexibility index (Phi) is 5.67. The van der Waals surface area contributed by atoms with Crippen LogP contribution in [-0.2, 0) is 11.3 Å². The predicted octanol–water partition coefficient (Wildman–Crippen LogP) is 2.06. The molecule has 0 fully saturated rings. The number of amides is 2. The molecule has 0 aliphatic carbocycles. The predicted molar refractivity (Wildman–Crippen MR) is 81.6 cm³/mol. The molecule has 3 N–H and O–H groups in total. The molecule has 7 nitrogen and oxygen atoms in total. The number of aromatic nitrogens is 2. The van der Waals surface area contributed by atoms with E-state index in [9.17, 15) is 14.0 Å². The zero-order valence-electron chi connectivity index (χ0n) is 12.3. The molecule has 8 heteroatoms. The summed E-state index contributed by atoms with van der Waals surface area (Å²) in [6.07, 6.45) is 1.91. The summed E-state index contributed by atoms with van der Waals surface area (Å²) in [5.41, 5.74) is 0.847. The summed E-state index contributed by atoms with van der Waals surface area (Å²) in [5, 5.41) is 17.8. The molecule has 122 valence electrons. The zero-order valence-corrected chi connectivity index (χ0v) is 12.3. The van der Waals surface area contributed by atoms with Crippen LogP contribution in [0.1, 0.15) is 18.4 Å². The Morgan fingerprint density at radius 2 is 1.96 bits per heavy atom. The van der Waals surface area contributed by atoms with Crippen LogP contribution in [0.5, 0.6) is 0 Å². The zero-order chi connectivity index (χ0) is 16.7. The molecule has 23 heavy (non-hydrogen) atoms. The van der Waals surface area contributed by atoms with Gasteiger partial charge in [0.25, 0.3) is 0 Å². The van der Waals surface area contributed by atoms with E-state index < -0.39 is 12.0 Å². The fourth-order valence-electron chi connectivity index (χ4n) is 1.93. The minimum Gasteiger partial charge on any atom is -0.481 e. The van der Waals surface area contributed by atoms with Gasteiger partial charge in [-0.1, -0.05) is 12.1 Å². The summed E-state index contributed by atoms with van der Waals surface area (Å²) in [6, 6.07) is 7.22. The summed E-state index contributed by atoms with van der Waals surface area (Å²) in [6.45, 7) is 0.659. The van der Waals surface area contributed by atoms with Crippen LogP contribution in [-0.4, -0.2) is 33.4 Å². The smallest absolute Gasteiger partial charge is 0.320 e. The highest BCUT2D eigenvalue weighted by molar-refractivity contribution is 5.88. The monoisotopic (exact) mass is 320 g/mol. The maximum atomic E-state index is 12.9. The molecule has 0 bridgehead atoms. The number of halogens is 1. The van der Waals surface area contributed by atoms with Crippen LogP contribution in [0.15, 0.2) is 36.5 Å². The van der Waals surface area contributed by atoms with Crippen LogP contribution in [0.4, 0.5) is 15.0 Å². The summed E-state index contributed by atoms with van der Waals surface area (Å²) < 4.78 is 14.5. The molecular weight excluding hydrogens is 303 g/mol. The minimum atomic E-state index is -0.899. The Bertz CT molecular complexity index is 670. The lowest BCUT2D eigenvalue weighted by Gasteiger charge is -2.10. The summed E-state index contributed by atoms with van der Waals surface area (Å²) >= 11 is 0. The van der Waals surface area contributed by atoms with Gasteiger partial charge in [0.05, 0.1) is 12.7 Å². The van der Waals surface area contributed by atoms with Crippen molar-refractivity contribution in [3.8, 4) is 0 Å². The number of carbonyl (C=O) groups is 2. The number of anilines is 1. The highest BCUT2D eigenvalue weighted by atomic mass is 19.1. The van der Waals surface area contributed by atoms with Gasteiger partial charge in [-0.2, -0.15) is 5.10 Å². The van der Waals surface area contributed by atoms with Crippen molar-refractivity contribution >= 4 is 17.8 Å². The van der Waals surface area contributed by atoms with Crippen LogP contribution < -0.4 is 10.6 Å². The molecule has 1 aromatic carbocycles. The molecule has 0 unspecified atom stereocenters. The van der Waals surface area contributed by atoms with Crippen LogP contribution in [0, 0.1) is 5.82 Å². The molecule has 0 aliphatic rings. The van der Waals surface area contributed by atoms with Crippen molar-refractivity contribution in [1.29, 1.82) is 0 Å². The SMILES string of the molecule is O=C(O)CCCNC(=O)Nc1ccnn1Cc1ccc(F)cc1. The number of hydrogen-bond acceptors (Lipinski definition) is 3. The van der Waals surface area contributed by atoms with Crippen molar-refractivity contribution in [3.63, 3.8) is 0 Å². The van der Waals surface area contributed by atoms with Gasteiger partial charge in [0.15, 0.2) is 0 Å². The molecule has 1 heterocycles. The van der Waals surface area contributed by atoms with Gasteiger partial charge in [0.2, 0.25) is 0 Å². The number of aliphatic carboxylic acids is 1. The van der Waals surface area contributed by atoms with E-state index in [0.29, 0.717) is 18.8 Å². The summed E-state index contributed by atoms with van der Waals surface area (Å²) in [5.74, 6) is -0.719. The Morgan fingerprint density at radius 1 is 1.22 bits per heavy atom. The Morgan fingerprint density at radius 3 is 2.65 bits per heavy atom. The first-order valence-corrected chi connectivity index (χ1v) is 7.07. The van der Waals surface area contributed by atoms with Gasteiger partial charge in [-0.15, -0.1) is 0 Å². The average Bonchev–Trinajstić information content (AvgIpc) is 2.93. The van der Waals surface area contributed by atoms with E-state index >= 15 is 0 Å². The van der Waals surface area contributed by atoms with Gasteiger partial charge < -0.3 is 10.4 Å². The molecule has 2 rings (SSSR count). The number of hydrogen-bond donors (Lipinski definition) is 3. The molecule has 0 aliphatic heterocycles. The molecule has 1 aromatic heterocycles. The third-order valence-electron chi connectivity index (χ3n) is 3.06. The van der Waals surface area contributed by atoms with Crippen LogP contribution in [0.2, 0.25) is 0 Å². The lowest BCUT2D eigenvalue weighted by atomic mass is 10.2. The maximum Gasteiger partial charge on any atom is 0.320 e. The lowest BCUT2D eigenvalue weighted by molar-refractivity contribution is -0.137. The molecule has 0 spiro atoms. The van der Waals surface area contributed by atoms with E-state index in [-0.39, 0.29) is 18.8 Å². The van der Waals surface area contributed by atoms with Gasteiger partial charge in [0, 0.05) is 19.0 Å². The number of urea groups is 1. The maximum absolute atomic E-state index is 12.9. The van der Waals surface area contributed by atoms with E-state index in [0.717, 1.165) is 5.56 Å². The van der Waals surface area contributed by atoms with Crippen LogP contribution >= 0.6 is 0 Å². The first-order valence-electron chi connectivity index (χ1n) is 7.07. The summed E-state index contributed by atoms with van der Waals surface area (Å²) in [4.78, 5) is 22.1. The Balaban J connectivity index is 1.86. The van der Waals surface area contributed by atoms with Gasteiger partial charge in [-0.05, 0) is 24.1 Å². The molecule has 0 saturated carbocycles. The van der Waals surface area contributed by atoms with Crippen LogP contribution in [0.25, 0.3) is 0 Å². The first-order chi connectivity index (χ1) is 11.0. The fraction of sp³-hybridized carbons (Fsp3) is 0.267. The second kappa shape index (κ2) is 7.92. The molecule has 0 radical (unpaired) electrons.